The fraction of sp³-hybridized carbons (Fsp3) is 0.0833. The average Bonchev–Trinajstić information content (AvgIpc) is 2.89. The molecule has 1 N–H and O–H groups in total. The second-order valence-corrected chi connectivity index (χ2v) is 5.20. The number of benzene rings is 1. The van der Waals surface area contributed by atoms with E-state index in [1.807, 2.05) is 0 Å². The average molecular weight is 323 g/mol. The van der Waals surface area contributed by atoms with Gasteiger partial charge in [0.05, 0.1) is 16.8 Å². The maximum atomic E-state index is 11.8. The van der Waals surface area contributed by atoms with Crippen LogP contribution in [0.2, 0.25) is 5.02 Å². The minimum Gasteiger partial charge on any atom is -0.476 e. The molecule has 3 aromatic rings. The molecule has 0 bridgehead atoms. The van der Waals surface area contributed by atoms with Crippen molar-refractivity contribution >= 4 is 40.3 Å². The lowest BCUT2D eigenvalue weighted by Crippen LogP contribution is -2.23. The number of fused-ring (bicyclic) bond motifs is 1. The van der Waals surface area contributed by atoms with Gasteiger partial charge in [-0.1, -0.05) is 11.6 Å². The van der Waals surface area contributed by atoms with Crippen LogP contribution in [0.1, 0.15) is 16.1 Å². The first-order chi connectivity index (χ1) is 9.99. The van der Waals surface area contributed by atoms with Crippen molar-refractivity contribution < 1.29 is 9.90 Å². The predicted octanol–water partition coefficient (Wildman–Crippen LogP) is 1.90. The van der Waals surface area contributed by atoms with Crippen LogP contribution in [0.3, 0.4) is 0 Å². The zero-order valence-corrected chi connectivity index (χ0v) is 12.1. The number of carboxylic acid groups (broad SMARTS) is 1. The summed E-state index contributed by atoms with van der Waals surface area (Å²) in [6.07, 6.45) is 1.43. The molecule has 2 heterocycles. The third-order valence-corrected chi connectivity index (χ3v) is 3.73. The van der Waals surface area contributed by atoms with Crippen LogP contribution in [0.25, 0.3) is 16.7 Å². The summed E-state index contributed by atoms with van der Waals surface area (Å²) in [7, 11) is 0. The normalized spacial score (nSPS) is 11.0. The third kappa shape index (κ3) is 2.18. The van der Waals surface area contributed by atoms with Crippen LogP contribution in [-0.4, -0.2) is 29.6 Å². The summed E-state index contributed by atoms with van der Waals surface area (Å²) in [4.78, 5) is 22.9. The van der Waals surface area contributed by atoms with Gasteiger partial charge in [-0.05, 0) is 19.1 Å². The van der Waals surface area contributed by atoms with Crippen LogP contribution in [0.5, 0.6) is 0 Å². The molecule has 7 nitrogen and oxygen atoms in total. The first-order valence-electron chi connectivity index (χ1n) is 5.74. The van der Waals surface area contributed by atoms with Gasteiger partial charge in [0, 0.05) is 11.8 Å². The highest BCUT2D eigenvalue weighted by Gasteiger charge is 2.18. The molecule has 0 atom stereocenters. The van der Waals surface area contributed by atoms with Gasteiger partial charge in [0.25, 0.3) is 0 Å². The SMILES string of the molecule is Cc1cn(-c2c(Cl)ccc3nsnc23)nc(C(=O)O)c1=O. The zero-order chi connectivity index (χ0) is 15.1. The van der Waals surface area contributed by atoms with E-state index in [2.05, 4.69) is 13.8 Å². The number of carbonyl (C=O) groups is 1. The zero-order valence-electron chi connectivity index (χ0n) is 10.6. The summed E-state index contributed by atoms with van der Waals surface area (Å²) in [5.41, 5.74) is 0.575. The number of nitrogens with zero attached hydrogens (tertiary/aromatic N) is 4. The van der Waals surface area contributed by atoms with E-state index in [1.165, 1.54) is 17.8 Å². The molecular weight excluding hydrogens is 316 g/mol. The lowest BCUT2D eigenvalue weighted by Gasteiger charge is -2.09. The van der Waals surface area contributed by atoms with E-state index in [0.717, 1.165) is 11.7 Å². The van der Waals surface area contributed by atoms with Gasteiger partial charge in [-0.15, -0.1) is 0 Å². The molecule has 9 heteroatoms. The number of aromatic nitrogens is 4. The van der Waals surface area contributed by atoms with Crippen molar-refractivity contribution in [1.82, 2.24) is 18.5 Å². The Kier molecular flexibility index (Phi) is 3.19. The smallest absolute Gasteiger partial charge is 0.360 e. The molecule has 0 saturated carbocycles. The molecule has 0 fully saturated rings. The van der Waals surface area contributed by atoms with Crippen molar-refractivity contribution in [1.29, 1.82) is 0 Å². The molecule has 0 unspecified atom stereocenters. The Labute approximate surface area is 126 Å². The number of halogens is 1. The largest absolute Gasteiger partial charge is 0.476 e. The van der Waals surface area contributed by atoms with Crippen LogP contribution in [-0.2, 0) is 0 Å². The van der Waals surface area contributed by atoms with Crippen molar-refractivity contribution in [2.24, 2.45) is 0 Å². The highest BCUT2D eigenvalue weighted by atomic mass is 35.5. The Bertz CT molecular complexity index is 934. The molecule has 0 amide bonds. The van der Waals surface area contributed by atoms with Crippen LogP contribution in [0.15, 0.2) is 23.1 Å². The fourth-order valence-corrected chi connectivity index (χ4v) is 2.67. The summed E-state index contributed by atoms with van der Waals surface area (Å²) in [5.74, 6) is -1.39. The van der Waals surface area contributed by atoms with Crippen molar-refractivity contribution in [2.75, 3.05) is 0 Å². The predicted molar refractivity (Wildman–Crippen MR) is 77.5 cm³/mol. The summed E-state index contributed by atoms with van der Waals surface area (Å²) >= 11 is 7.18. The van der Waals surface area contributed by atoms with E-state index in [-0.39, 0.29) is 5.56 Å². The summed E-state index contributed by atoms with van der Waals surface area (Å²) < 4.78 is 9.49. The first-order valence-corrected chi connectivity index (χ1v) is 6.85. The highest BCUT2D eigenvalue weighted by molar-refractivity contribution is 7.00. The van der Waals surface area contributed by atoms with Gasteiger partial charge in [0.1, 0.15) is 16.7 Å². The summed E-state index contributed by atoms with van der Waals surface area (Å²) in [5, 5.41) is 13.3. The lowest BCUT2D eigenvalue weighted by molar-refractivity contribution is 0.0686. The van der Waals surface area contributed by atoms with E-state index in [9.17, 15) is 9.59 Å². The molecule has 21 heavy (non-hydrogen) atoms. The maximum Gasteiger partial charge on any atom is 0.360 e. The minimum atomic E-state index is -1.39. The van der Waals surface area contributed by atoms with Crippen molar-refractivity contribution in [3.63, 3.8) is 0 Å². The van der Waals surface area contributed by atoms with Gasteiger partial charge >= 0.3 is 5.97 Å². The fourth-order valence-electron chi connectivity index (χ4n) is 1.90. The van der Waals surface area contributed by atoms with Gasteiger partial charge in [-0.3, -0.25) is 4.79 Å². The van der Waals surface area contributed by atoms with Crippen molar-refractivity contribution in [3.05, 3.63) is 44.8 Å². The molecule has 2 aromatic heterocycles. The number of rotatable bonds is 2. The quantitative estimate of drug-likeness (QED) is 0.773. The van der Waals surface area contributed by atoms with Gasteiger partial charge in [0.15, 0.2) is 0 Å². The number of hydrogen-bond acceptors (Lipinski definition) is 6. The summed E-state index contributed by atoms with van der Waals surface area (Å²) in [6, 6.07) is 3.33. The molecule has 106 valence electrons. The number of aromatic carboxylic acids is 1. The van der Waals surface area contributed by atoms with E-state index in [0.29, 0.717) is 21.7 Å². The number of carboxylic acids is 1. The van der Waals surface area contributed by atoms with Crippen LogP contribution in [0, 0.1) is 6.92 Å². The molecule has 0 saturated heterocycles. The van der Waals surface area contributed by atoms with Gasteiger partial charge in [-0.2, -0.15) is 13.8 Å². The Morgan fingerprint density at radius 3 is 2.86 bits per heavy atom. The topological polar surface area (TPSA) is 98.0 Å². The first kappa shape index (κ1) is 13.7. The Morgan fingerprint density at radius 1 is 1.38 bits per heavy atom. The highest BCUT2D eigenvalue weighted by Crippen LogP contribution is 2.27. The second kappa shape index (κ2) is 4.90. The maximum absolute atomic E-state index is 11.8. The van der Waals surface area contributed by atoms with Crippen LogP contribution >= 0.6 is 23.3 Å². The van der Waals surface area contributed by atoms with E-state index < -0.39 is 17.1 Å². The van der Waals surface area contributed by atoms with Crippen LogP contribution < -0.4 is 5.43 Å². The molecule has 0 aliphatic carbocycles. The molecule has 0 spiro atoms. The lowest BCUT2D eigenvalue weighted by atomic mass is 10.2. The molecule has 3 rings (SSSR count). The molecule has 0 aliphatic rings. The molecule has 0 radical (unpaired) electrons. The summed E-state index contributed by atoms with van der Waals surface area (Å²) in [6.45, 7) is 1.51. The van der Waals surface area contributed by atoms with Crippen molar-refractivity contribution in [2.45, 2.75) is 6.92 Å². The van der Waals surface area contributed by atoms with Crippen molar-refractivity contribution in [3.8, 4) is 5.69 Å². The monoisotopic (exact) mass is 322 g/mol. The Morgan fingerprint density at radius 2 is 2.14 bits per heavy atom. The number of aryl methyl sites for hydroxylation is 1. The minimum absolute atomic E-state index is 0.249. The van der Waals surface area contributed by atoms with Gasteiger partial charge in [0.2, 0.25) is 11.1 Å². The molecule has 0 aliphatic heterocycles. The van der Waals surface area contributed by atoms with E-state index >= 15 is 0 Å². The molecule has 1 aromatic carbocycles. The van der Waals surface area contributed by atoms with Gasteiger partial charge < -0.3 is 5.11 Å². The Balaban J connectivity index is 2.38. The Hall–Kier alpha value is -2.32. The second-order valence-electron chi connectivity index (χ2n) is 4.27. The standard InChI is InChI=1S/C12H7ClN4O3S/c1-5-4-17(14-9(11(5)18)12(19)20)10-6(13)2-3-7-8(10)16-21-15-7/h2-4H,1H3,(H,19,20). The third-order valence-electron chi connectivity index (χ3n) is 2.88. The van der Waals surface area contributed by atoms with E-state index in [1.54, 1.807) is 12.1 Å². The van der Waals surface area contributed by atoms with E-state index in [4.69, 9.17) is 16.7 Å². The molecular formula is C12H7ClN4O3S. The van der Waals surface area contributed by atoms with Crippen LogP contribution in [0.4, 0.5) is 0 Å². The van der Waals surface area contributed by atoms with Gasteiger partial charge in [-0.25, -0.2) is 9.48 Å². The number of hydrogen-bond donors (Lipinski definition) is 1.